The molecule has 11 heteroatoms. The predicted octanol–water partition coefficient (Wildman–Crippen LogP) is 5.23. The largest absolute Gasteiger partial charge is 0.394 e. The molecule has 0 amide bonds. The van der Waals surface area contributed by atoms with Crippen molar-refractivity contribution in [3.63, 3.8) is 0 Å². The van der Waals surface area contributed by atoms with Gasteiger partial charge in [0.2, 0.25) is 0 Å². The zero-order valence-electron chi connectivity index (χ0n) is 29.7. The van der Waals surface area contributed by atoms with Crippen LogP contribution >= 0.6 is 0 Å². The maximum Gasteiger partial charge on any atom is 0.0807 e. The van der Waals surface area contributed by atoms with Gasteiger partial charge in [0.1, 0.15) is 0 Å². The van der Waals surface area contributed by atoms with E-state index in [-0.39, 0.29) is 12.7 Å². The van der Waals surface area contributed by atoms with Crippen LogP contribution in [-0.4, -0.2) is 143 Å². The van der Waals surface area contributed by atoms with Gasteiger partial charge in [-0.1, -0.05) is 78.1 Å². The molecule has 0 aromatic carbocycles. The van der Waals surface area contributed by atoms with E-state index < -0.39 is 0 Å². The van der Waals surface area contributed by atoms with Crippen molar-refractivity contribution >= 4 is 0 Å². The smallest absolute Gasteiger partial charge is 0.0807 e. The number of ether oxygens (including phenoxy) is 10. The lowest BCUT2D eigenvalue weighted by Gasteiger charge is -2.16. The lowest BCUT2D eigenvalue weighted by molar-refractivity contribution is -0.0545. The van der Waals surface area contributed by atoms with Crippen molar-refractivity contribution in [2.45, 2.75) is 97.0 Å². The molecule has 1 N–H and O–H groups in total. The Kier molecular flexibility index (Phi) is 42.2. The Labute approximate surface area is 281 Å². The quantitative estimate of drug-likeness (QED) is 0.0863. The van der Waals surface area contributed by atoms with E-state index in [2.05, 4.69) is 13.8 Å². The number of aliphatic hydroxyl groups is 1. The molecule has 0 aliphatic heterocycles. The first kappa shape index (κ1) is 45.6. The summed E-state index contributed by atoms with van der Waals surface area (Å²) in [5.41, 5.74) is 0. The minimum Gasteiger partial charge on any atom is -0.394 e. The third-order valence-corrected chi connectivity index (χ3v) is 7.07. The molecule has 0 saturated carbocycles. The van der Waals surface area contributed by atoms with Crippen molar-refractivity contribution in [2.24, 2.45) is 0 Å². The third-order valence-electron chi connectivity index (χ3n) is 7.07. The summed E-state index contributed by atoms with van der Waals surface area (Å²) >= 11 is 0. The van der Waals surface area contributed by atoms with Gasteiger partial charge in [0.05, 0.1) is 132 Å². The van der Waals surface area contributed by atoms with E-state index in [1.807, 2.05) is 0 Å². The Hall–Kier alpha value is -0.440. The van der Waals surface area contributed by atoms with Crippen molar-refractivity contribution in [3.05, 3.63) is 0 Å². The highest BCUT2D eigenvalue weighted by Crippen LogP contribution is 2.11. The van der Waals surface area contributed by atoms with Crippen LogP contribution < -0.4 is 0 Å². The van der Waals surface area contributed by atoms with Crippen LogP contribution in [0.3, 0.4) is 0 Å². The van der Waals surface area contributed by atoms with Gasteiger partial charge >= 0.3 is 0 Å². The lowest BCUT2D eigenvalue weighted by atomic mass is 10.1. The van der Waals surface area contributed by atoms with Gasteiger partial charge in [-0.3, -0.25) is 0 Å². The lowest BCUT2D eigenvalue weighted by Crippen LogP contribution is -2.23. The van der Waals surface area contributed by atoms with Crippen molar-refractivity contribution < 1.29 is 52.5 Å². The van der Waals surface area contributed by atoms with Crippen LogP contribution in [0, 0.1) is 0 Å². The molecule has 0 heterocycles. The Morgan fingerprint density at radius 3 is 1.07 bits per heavy atom. The zero-order valence-corrected chi connectivity index (χ0v) is 29.7. The summed E-state index contributed by atoms with van der Waals surface area (Å²) in [6.45, 7) is 14.6. The standard InChI is InChI=1S/C35H72O11/c1-3-5-6-7-8-9-10-11-12-13-14-16-37-30-31-45-34-35(4-2)46-33-32-44-29-28-43-27-26-42-25-24-41-23-22-40-21-20-39-19-18-38-17-15-36/h35-36H,3-34H2,1-2H3. The van der Waals surface area contributed by atoms with Crippen LogP contribution in [0.4, 0.5) is 0 Å². The van der Waals surface area contributed by atoms with Gasteiger partial charge in [-0.25, -0.2) is 0 Å². The van der Waals surface area contributed by atoms with Crippen molar-refractivity contribution in [1.29, 1.82) is 0 Å². The molecular formula is C35H72O11. The van der Waals surface area contributed by atoms with Crippen molar-refractivity contribution in [1.82, 2.24) is 0 Å². The summed E-state index contributed by atoms with van der Waals surface area (Å²) in [5.74, 6) is 0. The molecule has 0 fully saturated rings. The van der Waals surface area contributed by atoms with Crippen LogP contribution in [0.5, 0.6) is 0 Å². The Morgan fingerprint density at radius 1 is 0.348 bits per heavy atom. The second-order valence-electron chi connectivity index (χ2n) is 11.1. The Morgan fingerprint density at radius 2 is 0.674 bits per heavy atom. The van der Waals surface area contributed by atoms with Crippen molar-refractivity contribution in [3.8, 4) is 0 Å². The molecule has 1 unspecified atom stereocenters. The average Bonchev–Trinajstić information content (AvgIpc) is 3.07. The van der Waals surface area contributed by atoms with E-state index in [0.29, 0.717) is 119 Å². The van der Waals surface area contributed by atoms with Crippen LogP contribution in [-0.2, 0) is 47.4 Å². The molecule has 0 aromatic rings. The summed E-state index contributed by atoms with van der Waals surface area (Å²) in [6, 6.07) is 0. The first-order valence-corrected chi connectivity index (χ1v) is 18.3. The maximum absolute atomic E-state index is 8.59. The SMILES string of the molecule is CCCCCCCCCCCCCOCCOCC(CC)OCCOCCOCCOCCOCCOCCOCCOCCO. The highest BCUT2D eigenvalue weighted by atomic mass is 16.6. The van der Waals surface area contributed by atoms with E-state index in [9.17, 15) is 0 Å². The summed E-state index contributed by atoms with van der Waals surface area (Å²) in [7, 11) is 0. The van der Waals surface area contributed by atoms with Gasteiger partial charge in [-0.2, -0.15) is 0 Å². The Bertz CT molecular complexity index is 531. The topological polar surface area (TPSA) is 113 Å². The second kappa shape index (κ2) is 42.6. The number of aliphatic hydroxyl groups excluding tert-OH is 1. The minimum atomic E-state index is 0.0299. The molecule has 0 bridgehead atoms. The van der Waals surface area contributed by atoms with Crippen LogP contribution in [0.15, 0.2) is 0 Å². The maximum atomic E-state index is 8.59. The molecule has 278 valence electrons. The highest BCUT2D eigenvalue weighted by Gasteiger charge is 2.06. The van der Waals surface area contributed by atoms with Gasteiger partial charge in [-0.05, 0) is 12.8 Å². The molecular weight excluding hydrogens is 596 g/mol. The van der Waals surface area contributed by atoms with Gasteiger partial charge in [0.25, 0.3) is 0 Å². The molecule has 1 atom stereocenters. The molecule has 0 aliphatic carbocycles. The average molecular weight is 669 g/mol. The van der Waals surface area contributed by atoms with Crippen LogP contribution in [0.2, 0.25) is 0 Å². The molecule has 0 saturated heterocycles. The Balaban J connectivity index is 3.23. The fraction of sp³-hybridized carbons (Fsp3) is 1.00. The monoisotopic (exact) mass is 669 g/mol. The third kappa shape index (κ3) is 39.7. The number of unbranched alkanes of at least 4 members (excludes halogenated alkanes) is 10. The molecule has 11 nitrogen and oxygen atoms in total. The van der Waals surface area contributed by atoms with E-state index in [4.69, 9.17) is 52.5 Å². The number of hydrogen-bond donors (Lipinski definition) is 1. The summed E-state index contributed by atoms with van der Waals surface area (Å²) in [5, 5.41) is 8.59. The van der Waals surface area contributed by atoms with E-state index in [0.717, 1.165) is 19.4 Å². The van der Waals surface area contributed by atoms with Gasteiger partial charge < -0.3 is 52.5 Å². The number of rotatable bonds is 42. The zero-order chi connectivity index (χ0) is 33.3. The first-order valence-electron chi connectivity index (χ1n) is 18.3. The predicted molar refractivity (Wildman–Crippen MR) is 181 cm³/mol. The van der Waals surface area contributed by atoms with E-state index in [1.165, 1.54) is 64.2 Å². The number of hydrogen-bond acceptors (Lipinski definition) is 11. The van der Waals surface area contributed by atoms with Crippen molar-refractivity contribution in [2.75, 3.05) is 132 Å². The fourth-order valence-corrected chi connectivity index (χ4v) is 4.35. The summed E-state index contributed by atoms with van der Waals surface area (Å²) < 4.78 is 55.3. The molecule has 0 radical (unpaired) electrons. The molecule has 0 spiro atoms. The normalized spacial score (nSPS) is 12.3. The van der Waals surface area contributed by atoms with E-state index in [1.54, 1.807) is 0 Å². The molecule has 0 aromatic heterocycles. The second-order valence-corrected chi connectivity index (χ2v) is 11.1. The highest BCUT2D eigenvalue weighted by molar-refractivity contribution is 4.54. The van der Waals surface area contributed by atoms with Gasteiger partial charge in [-0.15, -0.1) is 0 Å². The summed E-state index contributed by atoms with van der Waals surface area (Å²) in [4.78, 5) is 0. The molecule has 0 rings (SSSR count). The minimum absolute atomic E-state index is 0.0299. The van der Waals surface area contributed by atoms with Crippen LogP contribution in [0.25, 0.3) is 0 Å². The van der Waals surface area contributed by atoms with Gasteiger partial charge in [0.15, 0.2) is 0 Å². The van der Waals surface area contributed by atoms with Gasteiger partial charge in [0, 0.05) is 6.61 Å². The molecule has 46 heavy (non-hydrogen) atoms. The summed E-state index contributed by atoms with van der Waals surface area (Å²) in [6.07, 6.45) is 15.8. The molecule has 0 aliphatic rings. The van der Waals surface area contributed by atoms with Crippen LogP contribution in [0.1, 0.15) is 90.9 Å². The first-order chi connectivity index (χ1) is 22.8. The fourth-order valence-electron chi connectivity index (χ4n) is 4.35. The van der Waals surface area contributed by atoms with E-state index >= 15 is 0 Å².